The van der Waals surface area contributed by atoms with Crippen LogP contribution in [0, 0.1) is 11.3 Å². The van der Waals surface area contributed by atoms with Crippen LogP contribution in [0.15, 0.2) is 119 Å². The van der Waals surface area contributed by atoms with Crippen molar-refractivity contribution in [3.05, 3.63) is 131 Å². The van der Waals surface area contributed by atoms with E-state index >= 15 is 0 Å². The Labute approximate surface area is 230 Å². The summed E-state index contributed by atoms with van der Waals surface area (Å²) >= 11 is 0. The van der Waals surface area contributed by atoms with Gasteiger partial charge in [0.15, 0.2) is 0 Å². The lowest BCUT2D eigenvalue weighted by Crippen LogP contribution is -2.49. The summed E-state index contributed by atoms with van der Waals surface area (Å²) in [6.07, 6.45) is 3.86. The topological polar surface area (TPSA) is 56.6 Å². The van der Waals surface area contributed by atoms with Crippen LogP contribution in [-0.4, -0.2) is 37.0 Å². The van der Waals surface area contributed by atoms with Crippen molar-refractivity contribution in [3.63, 3.8) is 0 Å². The van der Waals surface area contributed by atoms with Crippen LogP contribution < -0.4 is 9.64 Å². The molecule has 196 valence electrons. The SMILES string of the molecule is CC1=CC(/C=C(/C#N)C(=O)N2CCN(c3ccccc3)CC2)=C(C)[C@@H]1c1ccc(OCc2ccccc2)cc1. The fourth-order valence-electron chi connectivity index (χ4n) is 5.39. The van der Waals surface area contributed by atoms with Gasteiger partial charge in [0.25, 0.3) is 5.91 Å². The van der Waals surface area contributed by atoms with Crippen molar-refractivity contribution >= 4 is 11.6 Å². The molecule has 3 aromatic carbocycles. The standard InChI is InChI=1S/C34H33N3O2/c1-25-21-29(22-30(23-35)34(38)37-19-17-36(18-20-37)31-11-7-4-8-12-31)26(2)33(25)28-13-15-32(16-14-28)39-24-27-9-5-3-6-10-27/h3-16,21-22,33H,17-20,24H2,1-2H3/b30-22-/t33-/m1/s1. The van der Waals surface area contributed by atoms with Crippen molar-refractivity contribution in [2.45, 2.75) is 26.4 Å². The van der Waals surface area contributed by atoms with Crippen molar-refractivity contribution < 1.29 is 9.53 Å². The summed E-state index contributed by atoms with van der Waals surface area (Å²) in [4.78, 5) is 17.3. The van der Waals surface area contributed by atoms with E-state index in [0.29, 0.717) is 19.7 Å². The van der Waals surface area contributed by atoms with E-state index in [1.165, 1.54) is 11.1 Å². The van der Waals surface area contributed by atoms with Gasteiger partial charge in [-0.1, -0.05) is 77.9 Å². The number of allylic oxidation sites excluding steroid dienone is 5. The van der Waals surface area contributed by atoms with Gasteiger partial charge in [-0.15, -0.1) is 0 Å². The summed E-state index contributed by atoms with van der Waals surface area (Å²) < 4.78 is 5.95. The first-order valence-corrected chi connectivity index (χ1v) is 13.4. The van der Waals surface area contributed by atoms with Crippen molar-refractivity contribution in [2.24, 2.45) is 0 Å². The predicted octanol–water partition coefficient (Wildman–Crippen LogP) is 6.42. The third-order valence-corrected chi connectivity index (χ3v) is 7.53. The minimum Gasteiger partial charge on any atom is -0.489 e. The Kier molecular flexibility index (Phi) is 7.94. The molecule has 2 aliphatic rings. The third-order valence-electron chi connectivity index (χ3n) is 7.53. The monoisotopic (exact) mass is 515 g/mol. The van der Waals surface area contributed by atoms with Gasteiger partial charge in [0.1, 0.15) is 24.0 Å². The summed E-state index contributed by atoms with van der Waals surface area (Å²) in [6, 6.07) is 30.7. The lowest BCUT2D eigenvalue weighted by Gasteiger charge is -2.36. The predicted molar refractivity (Wildman–Crippen MR) is 155 cm³/mol. The molecule has 0 saturated carbocycles. The van der Waals surface area contributed by atoms with E-state index in [2.05, 4.69) is 67.3 Å². The first-order chi connectivity index (χ1) is 19.0. The number of para-hydroxylation sites is 1. The summed E-state index contributed by atoms with van der Waals surface area (Å²) in [7, 11) is 0. The molecule has 0 aromatic heterocycles. The Morgan fingerprint density at radius 2 is 1.56 bits per heavy atom. The molecule has 5 heteroatoms. The molecule has 1 saturated heterocycles. The molecule has 0 radical (unpaired) electrons. The first kappa shape index (κ1) is 26.1. The Bertz CT molecular complexity index is 1440. The molecule has 0 N–H and O–H groups in total. The molecule has 5 rings (SSSR count). The second-order valence-corrected chi connectivity index (χ2v) is 10.1. The van der Waals surface area contributed by atoms with E-state index in [0.717, 1.165) is 41.2 Å². The minimum atomic E-state index is -0.195. The molecule has 0 unspecified atom stereocenters. The molecule has 0 bridgehead atoms. The maximum absolute atomic E-state index is 13.3. The number of nitrogens with zero attached hydrogens (tertiary/aromatic N) is 3. The fraction of sp³-hybridized carbons (Fsp3) is 0.235. The number of carbonyl (C=O) groups is 1. The van der Waals surface area contributed by atoms with Crippen molar-refractivity contribution in [3.8, 4) is 11.8 Å². The molecule has 1 heterocycles. The molecule has 3 aromatic rings. The number of piperazine rings is 1. The number of nitriles is 1. The van der Waals surface area contributed by atoms with Gasteiger partial charge in [0, 0.05) is 37.8 Å². The second kappa shape index (κ2) is 11.9. The molecule has 1 amide bonds. The largest absolute Gasteiger partial charge is 0.489 e. The van der Waals surface area contributed by atoms with E-state index in [-0.39, 0.29) is 17.4 Å². The van der Waals surface area contributed by atoms with Gasteiger partial charge in [-0.2, -0.15) is 5.26 Å². The zero-order valence-corrected chi connectivity index (χ0v) is 22.5. The molecule has 1 atom stereocenters. The Hall–Kier alpha value is -4.56. The van der Waals surface area contributed by atoms with Gasteiger partial charge in [-0.25, -0.2) is 0 Å². The molecule has 1 aliphatic carbocycles. The average Bonchev–Trinajstić information content (AvgIpc) is 3.27. The van der Waals surface area contributed by atoms with Crippen LogP contribution >= 0.6 is 0 Å². The smallest absolute Gasteiger partial charge is 0.264 e. The average molecular weight is 516 g/mol. The molecule has 1 aliphatic heterocycles. The summed E-state index contributed by atoms with van der Waals surface area (Å²) in [5, 5.41) is 9.88. The molecular formula is C34H33N3O2. The highest BCUT2D eigenvalue weighted by Crippen LogP contribution is 2.40. The van der Waals surface area contributed by atoms with Crippen LogP contribution in [0.2, 0.25) is 0 Å². The van der Waals surface area contributed by atoms with Gasteiger partial charge in [0.2, 0.25) is 0 Å². The molecule has 0 spiro atoms. The van der Waals surface area contributed by atoms with Crippen LogP contribution in [0.1, 0.15) is 30.9 Å². The maximum atomic E-state index is 13.3. The third kappa shape index (κ3) is 5.97. The second-order valence-electron chi connectivity index (χ2n) is 10.1. The minimum absolute atomic E-state index is 0.115. The number of ether oxygens (including phenoxy) is 1. The summed E-state index contributed by atoms with van der Waals surface area (Å²) in [5.74, 6) is 0.748. The first-order valence-electron chi connectivity index (χ1n) is 13.4. The summed E-state index contributed by atoms with van der Waals surface area (Å²) in [6.45, 7) is 7.42. The Morgan fingerprint density at radius 3 is 2.21 bits per heavy atom. The Morgan fingerprint density at radius 1 is 0.923 bits per heavy atom. The Balaban J connectivity index is 1.25. The highest BCUT2D eigenvalue weighted by molar-refractivity contribution is 5.98. The molecule has 39 heavy (non-hydrogen) atoms. The van der Waals surface area contributed by atoms with E-state index in [9.17, 15) is 10.1 Å². The zero-order chi connectivity index (χ0) is 27.2. The van der Waals surface area contributed by atoms with E-state index in [4.69, 9.17) is 4.74 Å². The van der Waals surface area contributed by atoms with Crippen LogP contribution in [-0.2, 0) is 11.4 Å². The molecule has 5 nitrogen and oxygen atoms in total. The van der Waals surface area contributed by atoms with Crippen LogP contribution in [0.25, 0.3) is 0 Å². The number of hydrogen-bond donors (Lipinski definition) is 0. The molecule has 1 fully saturated rings. The van der Waals surface area contributed by atoms with Gasteiger partial charge >= 0.3 is 0 Å². The normalized spacial score (nSPS) is 17.6. The van der Waals surface area contributed by atoms with Crippen molar-refractivity contribution in [2.75, 3.05) is 31.1 Å². The number of amides is 1. The lowest BCUT2D eigenvalue weighted by molar-refractivity contribution is -0.127. The van der Waals surface area contributed by atoms with Gasteiger partial charge in [-0.05, 0) is 60.9 Å². The van der Waals surface area contributed by atoms with E-state index < -0.39 is 0 Å². The van der Waals surface area contributed by atoms with Gasteiger partial charge in [0.05, 0.1) is 0 Å². The number of carbonyl (C=O) groups excluding carboxylic acids is 1. The van der Waals surface area contributed by atoms with Crippen molar-refractivity contribution in [1.82, 2.24) is 4.90 Å². The van der Waals surface area contributed by atoms with Crippen molar-refractivity contribution in [1.29, 1.82) is 5.26 Å². The highest BCUT2D eigenvalue weighted by Gasteiger charge is 2.27. The highest BCUT2D eigenvalue weighted by atomic mass is 16.5. The number of benzene rings is 3. The van der Waals surface area contributed by atoms with Gasteiger partial charge in [-0.3, -0.25) is 4.79 Å². The maximum Gasteiger partial charge on any atom is 0.264 e. The van der Waals surface area contributed by atoms with E-state index in [1.807, 2.05) is 48.5 Å². The van der Waals surface area contributed by atoms with Crippen LogP contribution in [0.4, 0.5) is 5.69 Å². The van der Waals surface area contributed by atoms with Crippen LogP contribution in [0.3, 0.4) is 0 Å². The lowest BCUT2D eigenvalue weighted by atomic mass is 9.89. The number of anilines is 1. The molecular weight excluding hydrogens is 482 g/mol. The number of rotatable bonds is 7. The number of hydrogen-bond acceptors (Lipinski definition) is 4. The van der Waals surface area contributed by atoms with E-state index in [1.54, 1.807) is 11.0 Å². The zero-order valence-electron chi connectivity index (χ0n) is 22.5. The fourth-order valence-corrected chi connectivity index (χ4v) is 5.39. The quantitative estimate of drug-likeness (QED) is 0.269. The van der Waals surface area contributed by atoms with Gasteiger partial charge < -0.3 is 14.5 Å². The van der Waals surface area contributed by atoms with Crippen LogP contribution in [0.5, 0.6) is 5.75 Å². The summed E-state index contributed by atoms with van der Waals surface area (Å²) in [5.41, 5.74) is 6.92.